The number of aliphatic hydroxyl groups excluding tert-OH is 2. The lowest BCUT2D eigenvalue weighted by Gasteiger charge is -2.03. The Labute approximate surface area is 94.0 Å². The van der Waals surface area contributed by atoms with Gasteiger partial charge in [0.1, 0.15) is 18.8 Å². The van der Waals surface area contributed by atoms with E-state index in [2.05, 4.69) is 0 Å². The molecule has 1 rings (SSSR count). The van der Waals surface area contributed by atoms with Crippen LogP contribution in [0.4, 0.5) is 0 Å². The summed E-state index contributed by atoms with van der Waals surface area (Å²) in [6.45, 7) is 2.24. The molecular formula is C9H15ClN2O3. The van der Waals surface area contributed by atoms with Gasteiger partial charge in [-0.25, -0.2) is 0 Å². The van der Waals surface area contributed by atoms with Crippen LogP contribution < -0.4 is 22.7 Å². The minimum absolute atomic E-state index is 0. The SMILES string of the molecule is Cc1ccn(CCO)c(=O)[n+]1CCO.[Cl-]. The molecule has 0 aliphatic rings. The third-order valence-corrected chi connectivity index (χ3v) is 2.06. The third-order valence-electron chi connectivity index (χ3n) is 2.06. The summed E-state index contributed by atoms with van der Waals surface area (Å²) in [6, 6.07) is 1.78. The number of halogens is 1. The van der Waals surface area contributed by atoms with Crippen LogP contribution in [0.1, 0.15) is 5.69 Å². The maximum absolute atomic E-state index is 11.7. The van der Waals surface area contributed by atoms with E-state index in [1.54, 1.807) is 19.2 Å². The first-order valence-corrected chi connectivity index (χ1v) is 4.52. The highest BCUT2D eigenvalue weighted by atomic mass is 35.5. The van der Waals surface area contributed by atoms with Gasteiger partial charge < -0.3 is 22.6 Å². The van der Waals surface area contributed by atoms with E-state index in [9.17, 15) is 4.79 Å². The van der Waals surface area contributed by atoms with Gasteiger partial charge in [0, 0.05) is 6.07 Å². The Hall–Kier alpha value is -0.910. The van der Waals surface area contributed by atoms with Crippen molar-refractivity contribution in [2.24, 2.45) is 0 Å². The predicted octanol–water partition coefficient (Wildman–Crippen LogP) is -4.57. The summed E-state index contributed by atoms with van der Waals surface area (Å²) in [5, 5.41) is 17.5. The smallest absolute Gasteiger partial charge is 0.498 e. The topological polar surface area (TPSA) is 66.3 Å². The van der Waals surface area contributed by atoms with Crippen molar-refractivity contribution in [1.29, 1.82) is 0 Å². The second kappa shape index (κ2) is 6.55. The van der Waals surface area contributed by atoms with Crippen molar-refractivity contribution in [2.75, 3.05) is 13.2 Å². The molecule has 6 heteroatoms. The zero-order valence-electron chi connectivity index (χ0n) is 8.56. The highest BCUT2D eigenvalue weighted by Crippen LogP contribution is 1.85. The fourth-order valence-corrected chi connectivity index (χ4v) is 1.31. The maximum Gasteiger partial charge on any atom is 0.498 e. The standard InChI is InChI=1S/C9H15N2O3.ClH/c1-8-2-3-10(4-6-12)9(14)11(8)5-7-13;/h2-3,12-13H,4-7H2,1H3;1H/q+1;/p-1. The van der Waals surface area contributed by atoms with Crippen LogP contribution in [0.5, 0.6) is 0 Å². The lowest BCUT2D eigenvalue weighted by molar-refractivity contribution is -0.722. The van der Waals surface area contributed by atoms with E-state index >= 15 is 0 Å². The van der Waals surface area contributed by atoms with Crippen LogP contribution in [0.15, 0.2) is 17.1 Å². The molecule has 0 aliphatic carbocycles. The van der Waals surface area contributed by atoms with Crippen LogP contribution in [0.2, 0.25) is 0 Å². The Kier molecular flexibility index (Phi) is 6.15. The minimum atomic E-state index is -0.201. The highest BCUT2D eigenvalue weighted by Gasteiger charge is 2.11. The molecular weight excluding hydrogens is 220 g/mol. The van der Waals surface area contributed by atoms with Gasteiger partial charge in [0.05, 0.1) is 19.4 Å². The van der Waals surface area contributed by atoms with E-state index in [0.29, 0.717) is 0 Å². The van der Waals surface area contributed by atoms with Gasteiger partial charge in [-0.2, -0.15) is 13.9 Å². The number of aliphatic hydroxyl groups is 2. The van der Waals surface area contributed by atoms with Crippen molar-refractivity contribution < 1.29 is 27.2 Å². The molecule has 1 heterocycles. The summed E-state index contributed by atoms with van der Waals surface area (Å²) in [5.74, 6) is 0. The lowest BCUT2D eigenvalue weighted by atomic mass is 10.4. The minimum Gasteiger partial charge on any atom is -1.00 e. The summed E-state index contributed by atoms with van der Waals surface area (Å²) < 4.78 is 2.90. The van der Waals surface area contributed by atoms with Crippen LogP contribution in [-0.2, 0) is 13.1 Å². The van der Waals surface area contributed by atoms with Crippen molar-refractivity contribution >= 4 is 0 Å². The summed E-state index contributed by atoms with van der Waals surface area (Å²) in [7, 11) is 0. The van der Waals surface area contributed by atoms with Gasteiger partial charge >= 0.3 is 5.69 Å². The Balaban J connectivity index is 0.00000196. The second-order valence-corrected chi connectivity index (χ2v) is 3.03. The van der Waals surface area contributed by atoms with E-state index in [-0.39, 0.29) is 44.4 Å². The summed E-state index contributed by atoms with van der Waals surface area (Å²) in [6.07, 6.45) is 1.64. The Morgan fingerprint density at radius 3 is 2.60 bits per heavy atom. The lowest BCUT2D eigenvalue weighted by Crippen LogP contribution is -3.00. The molecule has 0 unspecified atom stereocenters. The molecule has 15 heavy (non-hydrogen) atoms. The molecule has 2 N–H and O–H groups in total. The van der Waals surface area contributed by atoms with Gasteiger partial charge in [0.15, 0.2) is 0 Å². The molecule has 0 atom stereocenters. The van der Waals surface area contributed by atoms with E-state index in [4.69, 9.17) is 10.2 Å². The monoisotopic (exact) mass is 234 g/mol. The average Bonchev–Trinajstić information content (AvgIpc) is 2.17. The molecule has 5 nitrogen and oxygen atoms in total. The first-order valence-electron chi connectivity index (χ1n) is 4.52. The van der Waals surface area contributed by atoms with Crippen LogP contribution in [0.3, 0.4) is 0 Å². The van der Waals surface area contributed by atoms with Crippen LogP contribution in [-0.4, -0.2) is 28.0 Å². The van der Waals surface area contributed by atoms with Gasteiger partial charge in [0.25, 0.3) is 0 Å². The third kappa shape index (κ3) is 3.30. The number of hydrogen-bond donors (Lipinski definition) is 2. The first kappa shape index (κ1) is 14.1. The Morgan fingerprint density at radius 2 is 2.07 bits per heavy atom. The maximum atomic E-state index is 11.7. The van der Waals surface area contributed by atoms with Crippen molar-refractivity contribution in [1.82, 2.24) is 4.57 Å². The van der Waals surface area contributed by atoms with Crippen molar-refractivity contribution in [3.05, 3.63) is 28.4 Å². The molecule has 0 spiro atoms. The molecule has 1 aromatic rings. The van der Waals surface area contributed by atoms with Crippen LogP contribution >= 0.6 is 0 Å². The largest absolute Gasteiger partial charge is 1.00 e. The van der Waals surface area contributed by atoms with Crippen molar-refractivity contribution in [3.63, 3.8) is 0 Å². The average molecular weight is 235 g/mol. The number of aromatic nitrogens is 2. The second-order valence-electron chi connectivity index (χ2n) is 3.03. The van der Waals surface area contributed by atoms with Gasteiger partial charge in [-0.3, -0.25) is 0 Å². The normalized spacial score (nSPS) is 9.80. The molecule has 0 saturated heterocycles. The van der Waals surface area contributed by atoms with Crippen molar-refractivity contribution in [2.45, 2.75) is 20.0 Å². The van der Waals surface area contributed by atoms with Crippen LogP contribution in [0.25, 0.3) is 0 Å². The molecule has 0 radical (unpaired) electrons. The van der Waals surface area contributed by atoms with Crippen molar-refractivity contribution in [3.8, 4) is 0 Å². The fraction of sp³-hybridized carbons (Fsp3) is 0.556. The number of rotatable bonds is 4. The van der Waals surface area contributed by atoms with Gasteiger partial charge in [-0.05, 0) is 6.92 Å². The molecule has 86 valence electrons. The molecule has 0 amide bonds. The highest BCUT2D eigenvalue weighted by molar-refractivity contribution is 4.88. The number of nitrogens with zero attached hydrogens (tertiary/aromatic N) is 2. The fourth-order valence-electron chi connectivity index (χ4n) is 1.31. The number of aryl methyl sites for hydroxylation is 1. The summed E-state index contributed by atoms with van der Waals surface area (Å²) >= 11 is 0. The summed E-state index contributed by atoms with van der Waals surface area (Å²) in [4.78, 5) is 11.7. The van der Waals surface area contributed by atoms with Crippen LogP contribution in [0, 0.1) is 6.92 Å². The van der Waals surface area contributed by atoms with E-state index in [0.717, 1.165) is 5.69 Å². The van der Waals surface area contributed by atoms with E-state index in [1.807, 2.05) is 0 Å². The molecule has 0 aromatic carbocycles. The molecule has 0 aliphatic heterocycles. The van der Waals surface area contributed by atoms with E-state index in [1.165, 1.54) is 9.13 Å². The Bertz CT molecular complexity index is 365. The molecule has 0 saturated carbocycles. The first-order chi connectivity index (χ1) is 6.70. The zero-order chi connectivity index (χ0) is 10.6. The summed E-state index contributed by atoms with van der Waals surface area (Å²) in [5.41, 5.74) is 0.603. The Morgan fingerprint density at radius 1 is 1.40 bits per heavy atom. The van der Waals surface area contributed by atoms with E-state index < -0.39 is 0 Å². The molecule has 0 fully saturated rings. The van der Waals surface area contributed by atoms with Gasteiger partial charge in [0.2, 0.25) is 0 Å². The molecule has 1 aromatic heterocycles. The number of hydrogen-bond acceptors (Lipinski definition) is 3. The van der Waals surface area contributed by atoms with Gasteiger partial charge in [-0.1, -0.05) is 0 Å². The molecule has 0 bridgehead atoms. The van der Waals surface area contributed by atoms with Gasteiger partial charge in [-0.15, -0.1) is 0 Å². The quantitative estimate of drug-likeness (QED) is 0.516. The predicted molar refractivity (Wildman–Crippen MR) is 49.8 cm³/mol. The zero-order valence-corrected chi connectivity index (χ0v) is 9.31.